The van der Waals surface area contributed by atoms with Crippen LogP contribution < -0.4 is 5.32 Å². The standard InChI is InChI=1S/C20H27N3O5S3/c1-20(2,3)17-13-29-19(21-17)22-18(24)14-9-11-23(12-10-14)31(27,28)16-8-6-5-7-15(16)30(4,25)26/h5-8,13-14H,9-12H2,1-4H3,(H,21,22,24). The maximum atomic E-state index is 13.1. The minimum absolute atomic E-state index is 0.110. The van der Waals surface area contributed by atoms with Gasteiger partial charge in [0.05, 0.1) is 10.6 Å². The molecule has 1 aromatic carbocycles. The van der Waals surface area contributed by atoms with Crippen molar-refractivity contribution in [2.45, 2.75) is 48.8 Å². The lowest BCUT2D eigenvalue weighted by Gasteiger charge is -2.30. The van der Waals surface area contributed by atoms with Gasteiger partial charge in [0.2, 0.25) is 15.9 Å². The summed E-state index contributed by atoms with van der Waals surface area (Å²) in [5.74, 6) is -0.512. The van der Waals surface area contributed by atoms with Crippen LogP contribution in [0.1, 0.15) is 39.3 Å². The van der Waals surface area contributed by atoms with Gasteiger partial charge in [0.1, 0.15) is 4.90 Å². The third-order valence-electron chi connectivity index (χ3n) is 5.19. The molecule has 2 heterocycles. The Bertz CT molecular complexity index is 1170. The lowest BCUT2D eigenvalue weighted by Crippen LogP contribution is -2.41. The van der Waals surface area contributed by atoms with E-state index in [1.165, 1.54) is 39.9 Å². The molecule has 11 heteroatoms. The molecule has 3 rings (SSSR count). The quantitative estimate of drug-likeness (QED) is 0.697. The Balaban J connectivity index is 1.68. The molecule has 2 aromatic rings. The predicted octanol–water partition coefficient (Wildman–Crippen LogP) is 2.88. The van der Waals surface area contributed by atoms with Gasteiger partial charge in [0.25, 0.3) is 0 Å². The molecule has 170 valence electrons. The molecule has 0 bridgehead atoms. The molecule has 1 aliphatic rings. The fourth-order valence-electron chi connectivity index (χ4n) is 3.35. The molecule has 1 amide bonds. The highest BCUT2D eigenvalue weighted by atomic mass is 32.2. The Hall–Kier alpha value is -1.82. The van der Waals surface area contributed by atoms with E-state index in [-0.39, 0.29) is 40.1 Å². The van der Waals surface area contributed by atoms with Crippen LogP contribution in [0.5, 0.6) is 0 Å². The number of rotatable bonds is 5. The van der Waals surface area contributed by atoms with Crippen LogP contribution in [0.4, 0.5) is 5.13 Å². The molecule has 0 saturated carbocycles. The average Bonchev–Trinajstić information content (AvgIpc) is 3.16. The van der Waals surface area contributed by atoms with Crippen LogP contribution in [0.15, 0.2) is 39.4 Å². The summed E-state index contributed by atoms with van der Waals surface area (Å²) in [6, 6.07) is 5.60. The first-order valence-corrected chi connectivity index (χ1v) is 14.1. The number of hydrogen-bond donors (Lipinski definition) is 1. The highest BCUT2D eigenvalue weighted by molar-refractivity contribution is 7.93. The molecule has 0 atom stereocenters. The Morgan fingerprint density at radius 1 is 1.10 bits per heavy atom. The number of anilines is 1. The van der Waals surface area contributed by atoms with Crippen molar-refractivity contribution in [3.63, 3.8) is 0 Å². The smallest absolute Gasteiger partial charge is 0.244 e. The number of nitrogens with zero attached hydrogens (tertiary/aromatic N) is 2. The minimum atomic E-state index is -3.98. The van der Waals surface area contributed by atoms with E-state index in [1.54, 1.807) is 0 Å². The number of aromatic nitrogens is 1. The summed E-state index contributed by atoms with van der Waals surface area (Å²) in [5.41, 5.74) is 0.791. The number of benzene rings is 1. The van der Waals surface area contributed by atoms with Gasteiger partial charge in [-0.15, -0.1) is 11.3 Å². The van der Waals surface area contributed by atoms with E-state index in [0.29, 0.717) is 18.0 Å². The van der Waals surface area contributed by atoms with E-state index in [2.05, 4.69) is 10.3 Å². The molecule has 0 spiro atoms. The lowest BCUT2D eigenvalue weighted by molar-refractivity contribution is -0.120. The number of carbonyl (C=O) groups excluding carboxylic acids is 1. The van der Waals surface area contributed by atoms with Crippen LogP contribution in [-0.4, -0.2) is 51.4 Å². The van der Waals surface area contributed by atoms with Crippen molar-refractivity contribution >= 4 is 42.2 Å². The van der Waals surface area contributed by atoms with Gasteiger partial charge in [-0.2, -0.15) is 4.31 Å². The summed E-state index contributed by atoms with van der Waals surface area (Å²) in [5, 5.41) is 5.29. The number of amides is 1. The summed E-state index contributed by atoms with van der Waals surface area (Å²) in [7, 11) is -7.68. The van der Waals surface area contributed by atoms with E-state index in [9.17, 15) is 21.6 Å². The van der Waals surface area contributed by atoms with Gasteiger partial charge in [-0.25, -0.2) is 21.8 Å². The Morgan fingerprint density at radius 2 is 1.68 bits per heavy atom. The third-order valence-corrected chi connectivity index (χ3v) is 9.19. The molecule has 0 radical (unpaired) electrons. The van der Waals surface area contributed by atoms with E-state index in [0.717, 1.165) is 11.9 Å². The van der Waals surface area contributed by atoms with Crippen molar-refractivity contribution in [1.29, 1.82) is 0 Å². The first-order valence-electron chi connectivity index (χ1n) is 9.86. The number of piperidine rings is 1. The summed E-state index contributed by atoms with van der Waals surface area (Å²) in [6.45, 7) is 6.43. The van der Waals surface area contributed by atoms with Crippen molar-refractivity contribution in [3.05, 3.63) is 35.3 Å². The summed E-state index contributed by atoms with van der Waals surface area (Å²) in [6.07, 6.45) is 1.69. The molecule has 1 fully saturated rings. The van der Waals surface area contributed by atoms with Crippen LogP contribution in [0.3, 0.4) is 0 Å². The number of thiazole rings is 1. The number of carbonyl (C=O) groups is 1. The van der Waals surface area contributed by atoms with E-state index in [4.69, 9.17) is 0 Å². The molecule has 8 nitrogen and oxygen atoms in total. The average molecular weight is 486 g/mol. The Labute approximate surface area is 187 Å². The van der Waals surface area contributed by atoms with Crippen LogP contribution in [0, 0.1) is 5.92 Å². The minimum Gasteiger partial charge on any atom is -0.302 e. The number of hydrogen-bond acceptors (Lipinski definition) is 7. The van der Waals surface area contributed by atoms with Crippen molar-refractivity contribution in [1.82, 2.24) is 9.29 Å². The molecule has 1 saturated heterocycles. The summed E-state index contributed by atoms with van der Waals surface area (Å²) in [4.78, 5) is 16.7. The van der Waals surface area contributed by atoms with Crippen LogP contribution in [-0.2, 0) is 30.1 Å². The summed E-state index contributed by atoms with van der Waals surface area (Å²) >= 11 is 1.37. The molecular formula is C20H27N3O5S3. The third kappa shape index (κ3) is 5.33. The van der Waals surface area contributed by atoms with Gasteiger partial charge in [-0.05, 0) is 25.0 Å². The Kier molecular flexibility index (Phi) is 6.62. The fraction of sp³-hybridized carbons (Fsp3) is 0.500. The topological polar surface area (TPSA) is 114 Å². The fourth-order valence-corrected chi connectivity index (χ4v) is 7.36. The molecule has 1 aliphatic heterocycles. The van der Waals surface area contributed by atoms with Gasteiger partial charge >= 0.3 is 0 Å². The first kappa shape index (κ1) is 23.8. The predicted molar refractivity (Wildman–Crippen MR) is 120 cm³/mol. The number of nitrogens with one attached hydrogen (secondary N) is 1. The maximum Gasteiger partial charge on any atom is 0.244 e. The lowest BCUT2D eigenvalue weighted by atomic mass is 9.93. The van der Waals surface area contributed by atoms with E-state index >= 15 is 0 Å². The van der Waals surface area contributed by atoms with Crippen LogP contribution >= 0.6 is 11.3 Å². The molecule has 0 aliphatic carbocycles. The van der Waals surface area contributed by atoms with Gasteiger partial charge in [-0.1, -0.05) is 32.9 Å². The van der Waals surface area contributed by atoms with Crippen molar-refractivity contribution in [2.75, 3.05) is 24.7 Å². The van der Waals surface area contributed by atoms with Gasteiger partial charge in [-0.3, -0.25) is 4.79 Å². The second-order valence-corrected chi connectivity index (χ2v) is 13.4. The summed E-state index contributed by atoms with van der Waals surface area (Å²) < 4.78 is 51.4. The van der Waals surface area contributed by atoms with Crippen LogP contribution in [0.25, 0.3) is 0 Å². The molecule has 1 aromatic heterocycles. The first-order chi connectivity index (χ1) is 14.3. The maximum absolute atomic E-state index is 13.1. The molecule has 1 N–H and O–H groups in total. The second kappa shape index (κ2) is 8.61. The highest BCUT2D eigenvalue weighted by Gasteiger charge is 2.34. The Morgan fingerprint density at radius 3 is 2.19 bits per heavy atom. The van der Waals surface area contributed by atoms with Gasteiger partial charge in [0, 0.05) is 36.1 Å². The SMILES string of the molecule is CC(C)(C)c1csc(NC(=O)C2CCN(S(=O)(=O)c3ccccc3S(C)(=O)=O)CC2)n1. The highest BCUT2D eigenvalue weighted by Crippen LogP contribution is 2.30. The van der Waals surface area contributed by atoms with Crippen molar-refractivity contribution < 1.29 is 21.6 Å². The zero-order chi connectivity index (χ0) is 23.0. The van der Waals surface area contributed by atoms with Crippen molar-refractivity contribution in [2.24, 2.45) is 5.92 Å². The molecular weight excluding hydrogens is 458 g/mol. The second-order valence-electron chi connectivity index (χ2n) is 8.67. The zero-order valence-corrected chi connectivity index (χ0v) is 20.4. The van der Waals surface area contributed by atoms with E-state index < -0.39 is 19.9 Å². The zero-order valence-electron chi connectivity index (χ0n) is 18.0. The molecule has 31 heavy (non-hydrogen) atoms. The van der Waals surface area contributed by atoms with Gasteiger partial charge < -0.3 is 5.32 Å². The number of sulfone groups is 1. The monoisotopic (exact) mass is 485 g/mol. The number of sulfonamides is 1. The van der Waals surface area contributed by atoms with Crippen LogP contribution in [0.2, 0.25) is 0 Å². The normalized spacial score (nSPS) is 16.9. The molecule has 0 unspecified atom stereocenters. The largest absolute Gasteiger partial charge is 0.302 e. The van der Waals surface area contributed by atoms with E-state index in [1.807, 2.05) is 26.2 Å². The van der Waals surface area contributed by atoms with Crippen molar-refractivity contribution in [3.8, 4) is 0 Å². The van der Waals surface area contributed by atoms with Gasteiger partial charge in [0.15, 0.2) is 15.0 Å².